The molecule has 0 aliphatic heterocycles. The molecule has 1 heterocycles. The summed E-state index contributed by atoms with van der Waals surface area (Å²) in [6.45, 7) is 4.32. The van der Waals surface area contributed by atoms with Crippen molar-refractivity contribution in [1.82, 2.24) is 15.0 Å². The summed E-state index contributed by atoms with van der Waals surface area (Å²) < 4.78 is 0. The van der Waals surface area contributed by atoms with Gasteiger partial charge >= 0.3 is 0 Å². The summed E-state index contributed by atoms with van der Waals surface area (Å²) in [6, 6.07) is 84.2. The van der Waals surface area contributed by atoms with Crippen molar-refractivity contribution in [3.05, 3.63) is 236 Å². The molecule has 5 heteroatoms. The van der Waals surface area contributed by atoms with E-state index in [1.165, 1.54) is 41.5 Å². The van der Waals surface area contributed by atoms with Crippen LogP contribution in [-0.2, 0) is 0 Å². The van der Waals surface area contributed by atoms with Gasteiger partial charge in [0.15, 0.2) is 27.8 Å². The lowest BCUT2D eigenvalue weighted by atomic mass is 10.1. The molecule has 0 atom stereocenters. The van der Waals surface area contributed by atoms with Gasteiger partial charge in [0, 0.05) is 17.0 Å². The smallest absolute Gasteiger partial charge is 0.179 e. The average Bonchev–Trinajstić information content (AvgIpc) is 3.32. The molecule has 0 aliphatic rings. The molecule has 3 nitrogen and oxygen atoms in total. The van der Waals surface area contributed by atoms with Crippen molar-refractivity contribution in [3.63, 3.8) is 0 Å². The minimum Gasteiger partial charge on any atom is -0.213 e. The van der Waals surface area contributed by atoms with Crippen molar-refractivity contribution in [1.29, 1.82) is 0 Å². The van der Waals surface area contributed by atoms with E-state index in [0.29, 0.717) is 11.6 Å². The van der Waals surface area contributed by atoms with Crippen molar-refractivity contribution < 1.29 is 0 Å². The van der Waals surface area contributed by atoms with Crippen molar-refractivity contribution in [2.75, 3.05) is 0 Å². The van der Waals surface area contributed by atoms with E-state index in [0.717, 1.165) is 17.0 Å². The van der Waals surface area contributed by atoms with Crippen LogP contribution in [0.4, 0.5) is 0 Å². The predicted molar refractivity (Wildman–Crippen MR) is 252 cm³/mol. The summed E-state index contributed by atoms with van der Waals surface area (Å²) in [6.07, 6.45) is 0. The second-order valence-corrected chi connectivity index (χ2v) is 23.0. The van der Waals surface area contributed by atoms with Gasteiger partial charge in [-0.3, -0.25) is 0 Å². The van der Waals surface area contributed by atoms with Crippen molar-refractivity contribution in [2.24, 2.45) is 0 Å². The van der Waals surface area contributed by atoms with Gasteiger partial charge in [0.2, 0.25) is 0 Å². The molecular formula is C54H45N3Si2. The molecule has 0 unspecified atom stereocenters. The van der Waals surface area contributed by atoms with Crippen LogP contribution in [0.2, 0.25) is 0 Å². The average molecular weight is 792 g/mol. The van der Waals surface area contributed by atoms with Crippen LogP contribution in [0.3, 0.4) is 0 Å². The van der Waals surface area contributed by atoms with E-state index in [4.69, 9.17) is 15.0 Å². The first-order valence-electron chi connectivity index (χ1n) is 20.4. The van der Waals surface area contributed by atoms with Crippen molar-refractivity contribution >= 4 is 57.6 Å². The Morgan fingerprint density at radius 1 is 0.288 bits per heavy atom. The largest absolute Gasteiger partial charge is 0.213 e. The monoisotopic (exact) mass is 791 g/mol. The Hall–Kier alpha value is -6.80. The zero-order chi connectivity index (χ0) is 40.1. The highest BCUT2D eigenvalue weighted by atomic mass is 28.3. The quantitative estimate of drug-likeness (QED) is 0.104. The van der Waals surface area contributed by atoms with Gasteiger partial charge in [-0.15, -0.1) is 0 Å². The van der Waals surface area contributed by atoms with E-state index in [9.17, 15) is 0 Å². The zero-order valence-corrected chi connectivity index (χ0v) is 35.4. The summed E-state index contributed by atoms with van der Waals surface area (Å²) >= 11 is 0. The number of rotatable bonds is 11. The summed E-state index contributed by atoms with van der Waals surface area (Å²) in [5.41, 5.74) is 1.95. The second kappa shape index (κ2) is 16.6. The Balaban J connectivity index is 1.24. The van der Waals surface area contributed by atoms with Crippen molar-refractivity contribution in [3.8, 4) is 22.8 Å². The second-order valence-electron chi connectivity index (χ2n) is 15.4. The summed E-state index contributed by atoms with van der Waals surface area (Å²) in [5.74, 6) is 2.23. The maximum absolute atomic E-state index is 5.35. The van der Waals surface area contributed by atoms with Crippen LogP contribution in [0.5, 0.6) is 0 Å². The van der Waals surface area contributed by atoms with Gasteiger partial charge < -0.3 is 0 Å². The molecule has 0 saturated carbocycles. The highest BCUT2D eigenvalue weighted by Gasteiger charge is 2.43. The molecule has 0 fully saturated rings. The lowest BCUT2D eigenvalue weighted by Crippen LogP contribution is -2.74. The first-order valence-corrected chi connectivity index (χ1v) is 24.4. The molecule has 8 aromatic carbocycles. The third kappa shape index (κ3) is 6.99. The van der Waals surface area contributed by atoms with Crippen LogP contribution >= 0.6 is 0 Å². The zero-order valence-electron chi connectivity index (χ0n) is 33.4. The molecule has 0 bridgehead atoms. The predicted octanol–water partition coefficient (Wildman–Crippen LogP) is 7.08. The standard InChI is InChI=1S/C54H45N3Si2/c1-41(2)52-55-53(42-23-21-37-50(39-42)58(44-25-9-3-10-26-44,45-27-11-4-12-28-45)46-29-13-5-14-30-46)57-54(56-52)43-24-22-38-51(40-43)59(47-31-15-6-16-32-47,48-33-17-7-18-34-48)49-35-19-8-20-36-49/h3-41H,1-2H3. The van der Waals surface area contributed by atoms with Crippen LogP contribution in [0.15, 0.2) is 231 Å². The topological polar surface area (TPSA) is 38.7 Å². The van der Waals surface area contributed by atoms with E-state index >= 15 is 0 Å². The molecule has 59 heavy (non-hydrogen) atoms. The summed E-state index contributed by atoms with van der Waals surface area (Å²) in [4.78, 5) is 15.7. The van der Waals surface area contributed by atoms with Gasteiger partial charge in [-0.05, 0) is 41.5 Å². The van der Waals surface area contributed by atoms with Gasteiger partial charge in [0.05, 0.1) is 0 Å². The number of hydrogen-bond donors (Lipinski definition) is 0. The molecule has 9 aromatic rings. The molecule has 0 N–H and O–H groups in total. The van der Waals surface area contributed by atoms with Gasteiger partial charge in [-0.25, -0.2) is 15.0 Å². The highest BCUT2D eigenvalue weighted by molar-refractivity contribution is 7.20. The highest BCUT2D eigenvalue weighted by Crippen LogP contribution is 2.24. The molecule has 0 amide bonds. The lowest BCUT2D eigenvalue weighted by Gasteiger charge is -2.34. The van der Waals surface area contributed by atoms with E-state index in [1.807, 2.05) is 0 Å². The molecular weight excluding hydrogens is 747 g/mol. The Morgan fingerprint density at radius 3 is 0.797 bits per heavy atom. The third-order valence-electron chi connectivity index (χ3n) is 11.5. The molecule has 0 radical (unpaired) electrons. The van der Waals surface area contributed by atoms with Gasteiger partial charge in [-0.2, -0.15) is 0 Å². The number of nitrogens with zero attached hydrogens (tertiary/aromatic N) is 3. The minimum absolute atomic E-state index is 0.0970. The Morgan fingerprint density at radius 2 is 0.542 bits per heavy atom. The van der Waals surface area contributed by atoms with Crippen LogP contribution in [0.25, 0.3) is 22.8 Å². The lowest BCUT2D eigenvalue weighted by molar-refractivity contribution is 0.766. The van der Waals surface area contributed by atoms with Gasteiger partial charge in [-0.1, -0.05) is 244 Å². The van der Waals surface area contributed by atoms with Crippen LogP contribution < -0.4 is 41.5 Å². The molecule has 284 valence electrons. The maximum atomic E-state index is 5.35. The van der Waals surface area contributed by atoms with Gasteiger partial charge in [0.1, 0.15) is 5.82 Å². The Kier molecular flexibility index (Phi) is 10.6. The van der Waals surface area contributed by atoms with E-state index in [1.54, 1.807) is 0 Å². The normalized spacial score (nSPS) is 11.7. The molecule has 9 rings (SSSR count). The van der Waals surface area contributed by atoms with E-state index in [2.05, 4.69) is 244 Å². The fourth-order valence-corrected chi connectivity index (χ4v) is 18.4. The van der Waals surface area contributed by atoms with Gasteiger partial charge in [0.25, 0.3) is 0 Å². The first kappa shape index (κ1) is 37.8. The van der Waals surface area contributed by atoms with Crippen LogP contribution in [-0.4, -0.2) is 31.1 Å². The number of aromatic nitrogens is 3. The molecule has 1 aromatic heterocycles. The molecule has 0 saturated heterocycles. The Bertz CT molecular complexity index is 2400. The van der Waals surface area contributed by atoms with E-state index in [-0.39, 0.29) is 5.92 Å². The SMILES string of the molecule is CC(C)c1nc(-c2cccc([Si](c3ccccc3)(c3ccccc3)c3ccccc3)c2)nc(-c2cccc([Si](c3ccccc3)(c3ccccc3)c3ccccc3)c2)n1. The number of benzene rings is 8. The molecule has 0 aliphatic carbocycles. The van der Waals surface area contributed by atoms with E-state index < -0.39 is 16.1 Å². The van der Waals surface area contributed by atoms with Crippen LogP contribution in [0, 0.1) is 0 Å². The number of hydrogen-bond acceptors (Lipinski definition) is 3. The van der Waals surface area contributed by atoms with Crippen molar-refractivity contribution in [2.45, 2.75) is 19.8 Å². The molecule has 0 spiro atoms. The minimum atomic E-state index is -2.77. The maximum Gasteiger partial charge on any atom is 0.179 e. The fraction of sp³-hybridized carbons (Fsp3) is 0.0556. The first-order chi connectivity index (χ1) is 29.1. The Labute approximate surface area is 349 Å². The summed E-state index contributed by atoms with van der Waals surface area (Å²) in [5, 5.41) is 10.5. The third-order valence-corrected chi connectivity index (χ3v) is 21.1. The fourth-order valence-electron chi connectivity index (χ4n) is 8.82. The summed E-state index contributed by atoms with van der Waals surface area (Å²) in [7, 11) is -5.54. The van der Waals surface area contributed by atoms with Crippen LogP contribution in [0.1, 0.15) is 25.6 Å².